The monoisotopic (exact) mass is 348 g/mol. The molecule has 2 N–H and O–H groups in total. The van der Waals surface area contributed by atoms with Crippen LogP contribution in [0.15, 0.2) is 52.5 Å². The van der Waals surface area contributed by atoms with Gasteiger partial charge in [0, 0.05) is 17.5 Å². The van der Waals surface area contributed by atoms with Crippen LogP contribution in [-0.2, 0) is 9.84 Å². The van der Waals surface area contributed by atoms with Crippen molar-refractivity contribution in [2.24, 2.45) is 5.10 Å². The molecule has 0 atom stereocenters. The number of hydrogen-bond donors (Lipinski definition) is 2. The molecule has 1 heterocycles. The van der Waals surface area contributed by atoms with E-state index >= 15 is 0 Å². The predicted octanol–water partition coefficient (Wildman–Crippen LogP) is 1.84. The lowest BCUT2D eigenvalue weighted by atomic mass is 10.1. The summed E-state index contributed by atoms with van der Waals surface area (Å²) in [5.74, 6) is -1.23. The summed E-state index contributed by atoms with van der Waals surface area (Å²) in [5.41, 5.74) is 3.06. The highest BCUT2D eigenvalue weighted by molar-refractivity contribution is 7.91. The van der Waals surface area contributed by atoms with Crippen LogP contribution >= 0.6 is 0 Å². The first-order chi connectivity index (χ1) is 11.4. The van der Waals surface area contributed by atoms with Crippen molar-refractivity contribution in [1.82, 2.24) is 5.43 Å². The molecule has 0 aliphatic carbocycles. The van der Waals surface area contributed by atoms with E-state index in [1.807, 2.05) is 0 Å². The summed E-state index contributed by atoms with van der Waals surface area (Å²) < 4.78 is 37.5. The highest BCUT2D eigenvalue weighted by atomic mass is 32.2. The van der Waals surface area contributed by atoms with Gasteiger partial charge in [0.2, 0.25) is 0 Å². The zero-order chi connectivity index (χ0) is 17.3. The molecule has 2 aromatic carbocycles. The molecule has 2 aromatic rings. The highest BCUT2D eigenvalue weighted by Gasteiger charge is 2.28. The van der Waals surface area contributed by atoms with Gasteiger partial charge in [-0.1, -0.05) is 0 Å². The first kappa shape index (κ1) is 16.1. The minimum atomic E-state index is -3.48. The van der Waals surface area contributed by atoms with Gasteiger partial charge in [0.15, 0.2) is 9.84 Å². The van der Waals surface area contributed by atoms with E-state index in [2.05, 4.69) is 10.5 Å². The van der Waals surface area contributed by atoms with Gasteiger partial charge in [-0.05, 0) is 42.5 Å². The molecule has 3 rings (SSSR count). The maximum absolute atomic E-state index is 13.5. The Hall–Kier alpha value is -2.74. The molecule has 0 saturated carbocycles. The number of phenolic OH excluding ortho intramolecular Hbond substituents is 1. The molecular formula is C16H13FN2O4S. The van der Waals surface area contributed by atoms with Gasteiger partial charge in [-0.2, -0.15) is 5.10 Å². The third kappa shape index (κ3) is 3.13. The number of sulfone groups is 1. The van der Waals surface area contributed by atoms with E-state index in [0.29, 0.717) is 5.71 Å². The molecule has 1 amide bonds. The van der Waals surface area contributed by atoms with Crippen molar-refractivity contribution in [3.63, 3.8) is 0 Å². The van der Waals surface area contributed by atoms with Crippen LogP contribution in [0.25, 0.3) is 0 Å². The van der Waals surface area contributed by atoms with Crippen LogP contribution in [-0.4, -0.2) is 30.9 Å². The molecule has 0 spiro atoms. The quantitative estimate of drug-likeness (QED) is 0.639. The van der Waals surface area contributed by atoms with Gasteiger partial charge in [0.25, 0.3) is 5.91 Å². The van der Waals surface area contributed by atoms with E-state index in [1.165, 1.54) is 30.3 Å². The van der Waals surface area contributed by atoms with Crippen LogP contribution in [0.2, 0.25) is 0 Å². The molecule has 124 valence electrons. The molecule has 8 heteroatoms. The van der Waals surface area contributed by atoms with Crippen LogP contribution in [0.3, 0.4) is 0 Å². The summed E-state index contributed by atoms with van der Waals surface area (Å²) in [5, 5.41) is 13.2. The SMILES string of the molecule is O=C(NN=C1CCS(=O)(=O)c2ccc(F)cc21)c1ccc(O)cc1. The largest absolute Gasteiger partial charge is 0.508 e. The van der Waals surface area contributed by atoms with Gasteiger partial charge in [-0.25, -0.2) is 18.2 Å². The Morgan fingerprint density at radius 2 is 1.88 bits per heavy atom. The van der Waals surface area contributed by atoms with Gasteiger partial charge in [0.05, 0.1) is 16.4 Å². The number of benzene rings is 2. The van der Waals surface area contributed by atoms with Crippen molar-refractivity contribution >= 4 is 21.5 Å². The molecular weight excluding hydrogens is 335 g/mol. The highest BCUT2D eigenvalue weighted by Crippen LogP contribution is 2.26. The number of rotatable bonds is 2. The lowest BCUT2D eigenvalue weighted by molar-refractivity contribution is 0.0955. The van der Waals surface area contributed by atoms with Crippen LogP contribution in [0.5, 0.6) is 5.75 Å². The van der Waals surface area contributed by atoms with Crippen molar-refractivity contribution in [3.05, 3.63) is 59.4 Å². The Morgan fingerprint density at radius 3 is 2.58 bits per heavy atom. The lowest BCUT2D eigenvalue weighted by Crippen LogP contribution is -2.26. The first-order valence-electron chi connectivity index (χ1n) is 7.05. The summed E-state index contributed by atoms with van der Waals surface area (Å²) >= 11 is 0. The number of halogens is 1. The molecule has 1 aliphatic rings. The molecule has 0 saturated heterocycles. The Labute approximate surface area is 137 Å². The first-order valence-corrected chi connectivity index (χ1v) is 8.71. The maximum Gasteiger partial charge on any atom is 0.271 e. The number of hydrogen-bond acceptors (Lipinski definition) is 5. The second-order valence-electron chi connectivity index (χ2n) is 5.26. The number of amides is 1. The number of aromatic hydroxyl groups is 1. The summed E-state index contributed by atoms with van der Waals surface area (Å²) in [6.07, 6.45) is 0.0780. The van der Waals surface area contributed by atoms with Crippen molar-refractivity contribution in [1.29, 1.82) is 0 Å². The van der Waals surface area contributed by atoms with E-state index in [-0.39, 0.29) is 33.9 Å². The maximum atomic E-state index is 13.5. The van der Waals surface area contributed by atoms with Gasteiger partial charge in [0.1, 0.15) is 11.6 Å². The second kappa shape index (κ2) is 6.04. The number of nitrogens with zero attached hydrogens (tertiary/aromatic N) is 1. The van der Waals surface area contributed by atoms with Crippen LogP contribution in [0.4, 0.5) is 4.39 Å². The molecule has 0 unspecified atom stereocenters. The van der Waals surface area contributed by atoms with E-state index in [1.54, 1.807) is 0 Å². The summed E-state index contributed by atoms with van der Waals surface area (Å²) in [7, 11) is -3.48. The Kier molecular flexibility index (Phi) is 4.06. The molecule has 0 radical (unpaired) electrons. The topological polar surface area (TPSA) is 95.8 Å². The van der Waals surface area contributed by atoms with Gasteiger partial charge in [-0.15, -0.1) is 0 Å². The average molecular weight is 348 g/mol. The number of nitrogens with one attached hydrogen (secondary N) is 1. The van der Waals surface area contributed by atoms with Gasteiger partial charge < -0.3 is 5.11 Å². The fourth-order valence-corrected chi connectivity index (χ4v) is 3.86. The van der Waals surface area contributed by atoms with E-state index in [4.69, 9.17) is 0 Å². The van der Waals surface area contributed by atoms with Crippen molar-refractivity contribution in [3.8, 4) is 5.75 Å². The molecule has 0 aromatic heterocycles. The van der Waals surface area contributed by atoms with E-state index in [9.17, 15) is 22.7 Å². The van der Waals surface area contributed by atoms with E-state index < -0.39 is 21.6 Å². The van der Waals surface area contributed by atoms with E-state index in [0.717, 1.165) is 12.1 Å². The molecule has 0 fully saturated rings. The summed E-state index contributed by atoms with van der Waals surface area (Å²) in [6, 6.07) is 8.94. The zero-order valence-electron chi connectivity index (χ0n) is 12.4. The van der Waals surface area contributed by atoms with Crippen LogP contribution in [0.1, 0.15) is 22.3 Å². The van der Waals surface area contributed by atoms with Gasteiger partial charge in [-0.3, -0.25) is 4.79 Å². The Balaban J connectivity index is 1.90. The molecule has 0 bridgehead atoms. The summed E-state index contributed by atoms with van der Waals surface area (Å²) in [4.78, 5) is 12.0. The molecule has 24 heavy (non-hydrogen) atoms. The Morgan fingerprint density at radius 1 is 1.17 bits per heavy atom. The third-order valence-corrected chi connectivity index (χ3v) is 5.38. The predicted molar refractivity (Wildman–Crippen MR) is 85.2 cm³/mol. The molecule has 6 nitrogen and oxygen atoms in total. The van der Waals surface area contributed by atoms with Crippen molar-refractivity contribution in [2.45, 2.75) is 11.3 Å². The number of carbonyl (C=O) groups is 1. The minimum absolute atomic E-state index is 0.00721. The molecule has 1 aliphatic heterocycles. The normalized spacial score (nSPS) is 17.3. The number of fused-ring (bicyclic) bond motifs is 1. The number of phenols is 1. The lowest BCUT2D eigenvalue weighted by Gasteiger charge is -2.18. The Bertz CT molecular complexity index is 937. The summed E-state index contributed by atoms with van der Waals surface area (Å²) in [6.45, 7) is 0. The van der Waals surface area contributed by atoms with Crippen LogP contribution < -0.4 is 5.43 Å². The minimum Gasteiger partial charge on any atom is -0.508 e. The van der Waals surface area contributed by atoms with Crippen LogP contribution in [0, 0.1) is 5.82 Å². The standard InChI is InChI=1S/C16H13FN2O4S/c17-11-3-6-15-13(9-11)14(7-8-24(15,22)23)18-19-16(21)10-1-4-12(20)5-2-10/h1-6,9,20H,7-8H2,(H,19,21). The zero-order valence-corrected chi connectivity index (χ0v) is 13.2. The fourth-order valence-electron chi connectivity index (χ4n) is 2.39. The smallest absolute Gasteiger partial charge is 0.271 e. The average Bonchev–Trinajstić information content (AvgIpc) is 2.54. The number of carbonyl (C=O) groups excluding carboxylic acids is 1. The van der Waals surface area contributed by atoms with Crippen molar-refractivity contribution in [2.75, 3.05) is 5.75 Å². The number of hydrazone groups is 1. The fraction of sp³-hybridized carbons (Fsp3) is 0.125. The van der Waals surface area contributed by atoms with Gasteiger partial charge >= 0.3 is 0 Å². The van der Waals surface area contributed by atoms with Crippen molar-refractivity contribution < 1.29 is 22.7 Å². The third-order valence-electron chi connectivity index (χ3n) is 3.62. The second-order valence-corrected chi connectivity index (χ2v) is 7.33.